The highest BCUT2D eigenvalue weighted by atomic mass is 32.2. The summed E-state index contributed by atoms with van der Waals surface area (Å²) >= 11 is 1.85. The third-order valence-corrected chi connectivity index (χ3v) is 6.22. The normalized spacial score (nSPS) is 28.3. The van der Waals surface area contributed by atoms with Crippen molar-refractivity contribution in [2.75, 3.05) is 49.9 Å². The van der Waals surface area contributed by atoms with E-state index in [1.54, 1.807) is 0 Å². The van der Waals surface area contributed by atoms with Crippen molar-refractivity contribution in [2.24, 2.45) is 11.8 Å². The maximum atomic E-state index is 12.8. The van der Waals surface area contributed by atoms with E-state index in [2.05, 4.69) is 28.4 Å². The van der Waals surface area contributed by atoms with Gasteiger partial charge in [0.15, 0.2) is 0 Å². The number of rotatable bonds is 2. The van der Waals surface area contributed by atoms with E-state index >= 15 is 0 Å². The lowest BCUT2D eigenvalue weighted by molar-refractivity contribution is -0.120. The van der Waals surface area contributed by atoms with Crippen LogP contribution in [0.25, 0.3) is 0 Å². The summed E-state index contributed by atoms with van der Waals surface area (Å²) < 4.78 is 0. The molecule has 2 saturated heterocycles. The van der Waals surface area contributed by atoms with E-state index in [0.29, 0.717) is 6.54 Å². The van der Waals surface area contributed by atoms with Gasteiger partial charge in [-0.3, -0.25) is 9.69 Å². The Kier molecular flexibility index (Phi) is 4.11. The number of thioether (sulfide) groups is 1. The molecule has 3 aliphatic rings. The minimum atomic E-state index is 0.261. The molecule has 1 amide bonds. The summed E-state index contributed by atoms with van der Waals surface area (Å²) in [5.74, 6) is 2.83. The number of likely N-dealkylation sites (tertiary alicyclic amines) is 1. The lowest BCUT2D eigenvalue weighted by Gasteiger charge is -2.36. The molecule has 0 aliphatic carbocycles. The second-order valence-electron chi connectivity index (χ2n) is 6.56. The van der Waals surface area contributed by atoms with Gasteiger partial charge in [-0.05, 0) is 50.0 Å². The highest BCUT2D eigenvalue weighted by molar-refractivity contribution is 7.99. The lowest BCUT2D eigenvalue weighted by atomic mass is 9.89. The number of piperidine rings is 1. The van der Waals surface area contributed by atoms with E-state index < -0.39 is 0 Å². The molecule has 2 fully saturated rings. The van der Waals surface area contributed by atoms with Crippen molar-refractivity contribution in [3.8, 4) is 0 Å². The Bertz CT molecular complexity index is 565. The Hall–Kier alpha value is -1.04. The molecule has 0 aromatic heterocycles. The van der Waals surface area contributed by atoms with Gasteiger partial charge < -0.3 is 10.2 Å². The number of carbonyl (C=O) groups is 1. The number of amides is 1. The summed E-state index contributed by atoms with van der Waals surface area (Å²) in [7, 11) is 0. The quantitative estimate of drug-likeness (QED) is 0.900. The summed E-state index contributed by atoms with van der Waals surface area (Å²) in [5.41, 5.74) is 1.10. The molecule has 118 valence electrons. The van der Waals surface area contributed by atoms with E-state index in [4.69, 9.17) is 0 Å². The number of anilines is 1. The average Bonchev–Trinajstić information content (AvgIpc) is 3.02. The zero-order chi connectivity index (χ0) is 14.9. The Morgan fingerprint density at radius 3 is 3.05 bits per heavy atom. The van der Waals surface area contributed by atoms with Crippen LogP contribution in [0.5, 0.6) is 0 Å². The van der Waals surface area contributed by atoms with Gasteiger partial charge in [0.25, 0.3) is 0 Å². The molecule has 3 aliphatic heterocycles. The number of para-hydroxylation sites is 1. The average molecular weight is 317 g/mol. The van der Waals surface area contributed by atoms with Crippen LogP contribution in [0.4, 0.5) is 5.69 Å². The third-order valence-electron chi connectivity index (χ3n) is 5.18. The molecule has 1 N–H and O–H groups in total. The van der Waals surface area contributed by atoms with Crippen LogP contribution in [0.3, 0.4) is 0 Å². The van der Waals surface area contributed by atoms with Gasteiger partial charge in [-0.1, -0.05) is 12.1 Å². The largest absolute Gasteiger partial charge is 0.316 e. The molecule has 5 heteroatoms. The fourth-order valence-corrected chi connectivity index (χ4v) is 4.95. The summed E-state index contributed by atoms with van der Waals surface area (Å²) in [6.45, 7) is 5.85. The van der Waals surface area contributed by atoms with Crippen molar-refractivity contribution in [1.82, 2.24) is 10.2 Å². The molecule has 3 heterocycles. The number of fused-ring (bicyclic) bond motifs is 2. The minimum absolute atomic E-state index is 0.261. The van der Waals surface area contributed by atoms with Crippen molar-refractivity contribution >= 4 is 23.4 Å². The van der Waals surface area contributed by atoms with Gasteiger partial charge in [0.05, 0.1) is 12.2 Å². The molecular formula is C17H23N3OS. The molecule has 1 aromatic rings. The monoisotopic (exact) mass is 317 g/mol. The second-order valence-corrected chi connectivity index (χ2v) is 7.70. The maximum Gasteiger partial charge on any atom is 0.241 e. The molecule has 22 heavy (non-hydrogen) atoms. The van der Waals surface area contributed by atoms with Crippen molar-refractivity contribution in [1.29, 1.82) is 0 Å². The first-order valence-corrected chi connectivity index (χ1v) is 9.25. The number of hydrogen-bond donors (Lipinski definition) is 1. The van der Waals surface area contributed by atoms with Gasteiger partial charge in [-0.25, -0.2) is 0 Å². The van der Waals surface area contributed by atoms with E-state index in [1.165, 1.54) is 17.9 Å². The van der Waals surface area contributed by atoms with E-state index in [9.17, 15) is 4.79 Å². The van der Waals surface area contributed by atoms with E-state index in [0.717, 1.165) is 49.5 Å². The standard InChI is InChI=1S/C17H23N3OS/c21-17(12-19-6-5-13-9-18-10-14(13)11-19)20-7-8-22-16-4-2-1-3-15(16)20/h1-4,13-14,18H,5-12H2. The zero-order valence-corrected chi connectivity index (χ0v) is 13.6. The molecule has 2 unspecified atom stereocenters. The van der Waals surface area contributed by atoms with Gasteiger partial charge >= 0.3 is 0 Å². The van der Waals surface area contributed by atoms with Crippen LogP contribution < -0.4 is 10.2 Å². The summed E-state index contributed by atoms with van der Waals surface area (Å²) in [6, 6.07) is 8.28. The highest BCUT2D eigenvalue weighted by Gasteiger charge is 2.34. The second kappa shape index (κ2) is 6.22. The first-order chi connectivity index (χ1) is 10.8. The van der Waals surface area contributed by atoms with Crippen LogP contribution in [0, 0.1) is 11.8 Å². The first-order valence-electron chi connectivity index (χ1n) is 8.26. The molecular weight excluding hydrogens is 294 g/mol. The number of benzene rings is 1. The van der Waals surface area contributed by atoms with Crippen molar-refractivity contribution in [3.63, 3.8) is 0 Å². The minimum Gasteiger partial charge on any atom is -0.316 e. The fraction of sp³-hybridized carbons (Fsp3) is 0.588. The molecule has 0 radical (unpaired) electrons. The smallest absolute Gasteiger partial charge is 0.241 e. The highest BCUT2D eigenvalue weighted by Crippen LogP contribution is 2.34. The van der Waals surface area contributed by atoms with E-state index in [-0.39, 0.29) is 5.91 Å². The molecule has 0 saturated carbocycles. The third kappa shape index (κ3) is 2.77. The SMILES string of the molecule is O=C(CN1CCC2CNCC2C1)N1CCSc2ccccc21. The Morgan fingerprint density at radius 2 is 2.09 bits per heavy atom. The Labute approximate surface area is 136 Å². The van der Waals surface area contributed by atoms with Crippen molar-refractivity contribution in [3.05, 3.63) is 24.3 Å². The predicted octanol–water partition coefficient (Wildman–Crippen LogP) is 1.67. The summed E-state index contributed by atoms with van der Waals surface area (Å²) in [4.78, 5) is 18.4. The molecule has 2 atom stereocenters. The number of nitrogens with one attached hydrogen (secondary N) is 1. The molecule has 4 nitrogen and oxygen atoms in total. The first kappa shape index (κ1) is 14.5. The number of hydrogen-bond acceptors (Lipinski definition) is 4. The van der Waals surface area contributed by atoms with Crippen LogP contribution in [-0.2, 0) is 4.79 Å². The zero-order valence-electron chi connectivity index (χ0n) is 12.8. The van der Waals surface area contributed by atoms with Crippen LogP contribution in [-0.4, -0.2) is 55.8 Å². The van der Waals surface area contributed by atoms with Gasteiger partial charge in [0.1, 0.15) is 0 Å². The van der Waals surface area contributed by atoms with Crippen LogP contribution in [0.2, 0.25) is 0 Å². The maximum absolute atomic E-state index is 12.8. The molecule has 0 spiro atoms. The summed E-state index contributed by atoms with van der Waals surface area (Å²) in [6.07, 6.45) is 1.23. The Balaban J connectivity index is 1.42. The van der Waals surface area contributed by atoms with Gasteiger partial charge in [-0.2, -0.15) is 0 Å². The van der Waals surface area contributed by atoms with Gasteiger partial charge in [0.2, 0.25) is 5.91 Å². The van der Waals surface area contributed by atoms with Crippen LogP contribution in [0.15, 0.2) is 29.2 Å². The predicted molar refractivity (Wildman–Crippen MR) is 90.4 cm³/mol. The van der Waals surface area contributed by atoms with Crippen LogP contribution >= 0.6 is 11.8 Å². The van der Waals surface area contributed by atoms with Gasteiger partial charge in [-0.15, -0.1) is 11.8 Å². The number of carbonyl (C=O) groups excluding carboxylic acids is 1. The van der Waals surface area contributed by atoms with Crippen LogP contribution in [0.1, 0.15) is 6.42 Å². The Morgan fingerprint density at radius 1 is 1.23 bits per heavy atom. The topological polar surface area (TPSA) is 35.6 Å². The van der Waals surface area contributed by atoms with Gasteiger partial charge in [0, 0.05) is 23.7 Å². The number of nitrogens with zero attached hydrogens (tertiary/aromatic N) is 2. The van der Waals surface area contributed by atoms with E-state index in [1.807, 2.05) is 22.7 Å². The molecule has 4 rings (SSSR count). The van der Waals surface area contributed by atoms with Crippen molar-refractivity contribution in [2.45, 2.75) is 11.3 Å². The van der Waals surface area contributed by atoms with Crippen molar-refractivity contribution < 1.29 is 4.79 Å². The fourth-order valence-electron chi connectivity index (χ4n) is 3.96. The molecule has 1 aromatic carbocycles. The lowest BCUT2D eigenvalue weighted by Crippen LogP contribution is -2.47. The molecule has 0 bridgehead atoms. The summed E-state index contributed by atoms with van der Waals surface area (Å²) in [5, 5.41) is 3.49.